The van der Waals surface area contributed by atoms with E-state index < -0.39 is 0 Å². The number of hydrogen-bond donors (Lipinski definition) is 1. The SMILES string of the molecule is CCNc1cnc(C(=O)N(CC)C2CC2)cn1. The fourth-order valence-electron chi connectivity index (χ4n) is 1.81. The van der Waals surface area contributed by atoms with Crippen molar-refractivity contribution in [1.82, 2.24) is 14.9 Å². The number of carbonyl (C=O) groups is 1. The van der Waals surface area contributed by atoms with Gasteiger partial charge < -0.3 is 10.2 Å². The van der Waals surface area contributed by atoms with Crippen LogP contribution in [0.25, 0.3) is 0 Å². The van der Waals surface area contributed by atoms with Gasteiger partial charge in [-0.05, 0) is 26.7 Å². The topological polar surface area (TPSA) is 58.1 Å². The third-order valence-corrected chi connectivity index (χ3v) is 2.82. The lowest BCUT2D eigenvalue weighted by Gasteiger charge is -2.19. The summed E-state index contributed by atoms with van der Waals surface area (Å²) in [5.74, 6) is 0.698. The molecule has 1 saturated carbocycles. The maximum atomic E-state index is 12.1. The Morgan fingerprint density at radius 1 is 1.41 bits per heavy atom. The highest BCUT2D eigenvalue weighted by molar-refractivity contribution is 5.92. The van der Waals surface area contributed by atoms with E-state index in [0.717, 1.165) is 25.9 Å². The quantitative estimate of drug-likeness (QED) is 0.839. The smallest absolute Gasteiger partial charge is 0.274 e. The Hall–Kier alpha value is -1.65. The van der Waals surface area contributed by atoms with E-state index in [1.165, 1.54) is 0 Å². The molecule has 1 aliphatic rings. The number of nitrogens with one attached hydrogen (secondary N) is 1. The molecule has 0 atom stereocenters. The molecule has 1 aliphatic carbocycles. The first-order valence-corrected chi connectivity index (χ1v) is 6.13. The molecule has 0 saturated heterocycles. The molecule has 0 aromatic carbocycles. The Labute approximate surface area is 101 Å². The second kappa shape index (κ2) is 5.12. The Morgan fingerprint density at radius 2 is 2.18 bits per heavy atom. The van der Waals surface area contributed by atoms with Crippen molar-refractivity contribution in [1.29, 1.82) is 0 Å². The van der Waals surface area contributed by atoms with Crippen molar-refractivity contribution in [2.24, 2.45) is 0 Å². The highest BCUT2D eigenvalue weighted by Crippen LogP contribution is 2.27. The molecule has 0 aliphatic heterocycles. The van der Waals surface area contributed by atoms with Gasteiger partial charge >= 0.3 is 0 Å². The standard InChI is InChI=1S/C12H18N4O/c1-3-13-11-8-14-10(7-15-11)12(17)16(4-2)9-5-6-9/h7-9H,3-6H2,1-2H3,(H,13,15). The Kier molecular flexibility index (Phi) is 3.56. The van der Waals surface area contributed by atoms with Crippen LogP contribution in [-0.2, 0) is 0 Å². The Bertz CT molecular complexity index is 386. The maximum Gasteiger partial charge on any atom is 0.274 e. The number of hydrogen-bond acceptors (Lipinski definition) is 4. The number of anilines is 1. The van der Waals surface area contributed by atoms with E-state index in [4.69, 9.17) is 0 Å². The zero-order chi connectivity index (χ0) is 12.3. The molecule has 92 valence electrons. The summed E-state index contributed by atoms with van der Waals surface area (Å²) < 4.78 is 0. The molecule has 0 spiro atoms. The van der Waals surface area contributed by atoms with Crippen LogP contribution in [0.5, 0.6) is 0 Å². The fourth-order valence-corrected chi connectivity index (χ4v) is 1.81. The molecule has 5 nitrogen and oxygen atoms in total. The first-order valence-electron chi connectivity index (χ1n) is 6.13. The number of rotatable bonds is 5. The van der Waals surface area contributed by atoms with Gasteiger partial charge in [0.05, 0.1) is 12.4 Å². The molecule has 5 heteroatoms. The van der Waals surface area contributed by atoms with Crippen molar-refractivity contribution in [3.05, 3.63) is 18.1 Å². The van der Waals surface area contributed by atoms with Crippen molar-refractivity contribution in [3.63, 3.8) is 0 Å². The van der Waals surface area contributed by atoms with Gasteiger partial charge in [0.1, 0.15) is 11.5 Å². The average Bonchev–Trinajstić information content (AvgIpc) is 3.16. The lowest BCUT2D eigenvalue weighted by Crippen LogP contribution is -2.33. The summed E-state index contributed by atoms with van der Waals surface area (Å²) >= 11 is 0. The molecule has 1 fully saturated rings. The van der Waals surface area contributed by atoms with Crippen molar-refractivity contribution in [2.45, 2.75) is 32.7 Å². The zero-order valence-electron chi connectivity index (χ0n) is 10.3. The van der Waals surface area contributed by atoms with Crippen molar-refractivity contribution in [3.8, 4) is 0 Å². The molecule has 1 N–H and O–H groups in total. The van der Waals surface area contributed by atoms with Crippen LogP contribution in [-0.4, -0.2) is 39.9 Å². The molecule has 0 bridgehead atoms. The van der Waals surface area contributed by atoms with Crippen LogP contribution in [0.1, 0.15) is 37.2 Å². The van der Waals surface area contributed by atoms with Gasteiger partial charge in [-0.2, -0.15) is 0 Å². The van der Waals surface area contributed by atoms with E-state index in [1.807, 2.05) is 18.7 Å². The third-order valence-electron chi connectivity index (χ3n) is 2.82. The molecule has 1 amide bonds. The van der Waals surface area contributed by atoms with Gasteiger partial charge in [-0.25, -0.2) is 9.97 Å². The molecule has 0 radical (unpaired) electrons. The van der Waals surface area contributed by atoms with E-state index >= 15 is 0 Å². The summed E-state index contributed by atoms with van der Waals surface area (Å²) in [6, 6.07) is 0.419. The van der Waals surface area contributed by atoms with Gasteiger partial charge in [0, 0.05) is 19.1 Å². The number of amides is 1. The number of carbonyl (C=O) groups excluding carboxylic acids is 1. The molecule has 1 aromatic heterocycles. The van der Waals surface area contributed by atoms with Gasteiger partial charge in [-0.1, -0.05) is 0 Å². The monoisotopic (exact) mass is 234 g/mol. The Morgan fingerprint density at radius 3 is 2.65 bits per heavy atom. The van der Waals surface area contributed by atoms with E-state index in [9.17, 15) is 4.79 Å². The maximum absolute atomic E-state index is 12.1. The van der Waals surface area contributed by atoms with E-state index in [1.54, 1.807) is 12.4 Å². The van der Waals surface area contributed by atoms with Crippen LogP contribution in [0, 0.1) is 0 Å². The van der Waals surface area contributed by atoms with Crippen molar-refractivity contribution >= 4 is 11.7 Å². The molecular weight excluding hydrogens is 216 g/mol. The van der Waals surface area contributed by atoms with E-state index in [2.05, 4.69) is 15.3 Å². The molecule has 1 heterocycles. The fraction of sp³-hybridized carbons (Fsp3) is 0.583. The van der Waals surface area contributed by atoms with Crippen LogP contribution in [0.4, 0.5) is 5.82 Å². The van der Waals surface area contributed by atoms with E-state index in [0.29, 0.717) is 17.6 Å². The zero-order valence-corrected chi connectivity index (χ0v) is 10.3. The summed E-state index contributed by atoms with van der Waals surface area (Å²) in [5, 5.41) is 3.05. The summed E-state index contributed by atoms with van der Waals surface area (Å²) in [5.41, 5.74) is 0.431. The van der Waals surface area contributed by atoms with Crippen LogP contribution in [0.2, 0.25) is 0 Å². The Balaban J connectivity index is 2.07. The lowest BCUT2D eigenvalue weighted by molar-refractivity contribution is 0.0746. The summed E-state index contributed by atoms with van der Waals surface area (Å²) in [6.45, 7) is 5.52. The molecular formula is C12H18N4O. The van der Waals surface area contributed by atoms with Crippen LogP contribution >= 0.6 is 0 Å². The third kappa shape index (κ3) is 2.72. The minimum absolute atomic E-state index is 0.00875. The molecule has 1 aromatic rings. The highest BCUT2D eigenvalue weighted by Gasteiger charge is 2.32. The molecule has 0 unspecified atom stereocenters. The molecule has 2 rings (SSSR count). The largest absolute Gasteiger partial charge is 0.369 e. The van der Waals surface area contributed by atoms with Crippen LogP contribution in [0.15, 0.2) is 12.4 Å². The predicted octanol–water partition coefficient (Wildman–Crippen LogP) is 1.53. The lowest BCUT2D eigenvalue weighted by atomic mass is 10.3. The van der Waals surface area contributed by atoms with Gasteiger partial charge in [0.15, 0.2) is 0 Å². The van der Waals surface area contributed by atoms with Crippen LogP contribution in [0.3, 0.4) is 0 Å². The second-order valence-corrected chi connectivity index (χ2v) is 4.14. The average molecular weight is 234 g/mol. The highest BCUT2D eigenvalue weighted by atomic mass is 16.2. The van der Waals surface area contributed by atoms with Gasteiger partial charge in [0.25, 0.3) is 5.91 Å². The summed E-state index contributed by atoms with van der Waals surface area (Å²) in [4.78, 5) is 22.3. The van der Waals surface area contributed by atoms with Crippen molar-refractivity contribution < 1.29 is 4.79 Å². The number of nitrogens with zero attached hydrogens (tertiary/aromatic N) is 3. The van der Waals surface area contributed by atoms with Crippen LogP contribution < -0.4 is 5.32 Å². The minimum atomic E-state index is -0.00875. The van der Waals surface area contributed by atoms with E-state index in [-0.39, 0.29) is 5.91 Å². The van der Waals surface area contributed by atoms with Crippen molar-refractivity contribution in [2.75, 3.05) is 18.4 Å². The first kappa shape index (κ1) is 11.8. The predicted molar refractivity (Wildman–Crippen MR) is 65.9 cm³/mol. The van der Waals surface area contributed by atoms with Gasteiger partial charge in [-0.3, -0.25) is 4.79 Å². The normalized spacial score (nSPS) is 14.5. The summed E-state index contributed by atoms with van der Waals surface area (Å²) in [6.07, 6.45) is 5.38. The van der Waals surface area contributed by atoms with Gasteiger partial charge in [-0.15, -0.1) is 0 Å². The molecule has 17 heavy (non-hydrogen) atoms. The number of aromatic nitrogens is 2. The summed E-state index contributed by atoms with van der Waals surface area (Å²) in [7, 11) is 0. The second-order valence-electron chi connectivity index (χ2n) is 4.14. The minimum Gasteiger partial charge on any atom is -0.369 e. The first-order chi connectivity index (χ1) is 8.26. The van der Waals surface area contributed by atoms with Gasteiger partial charge in [0.2, 0.25) is 0 Å².